The lowest BCUT2D eigenvalue weighted by atomic mass is 10.1. The van der Waals surface area contributed by atoms with E-state index in [4.69, 9.17) is 5.11 Å². The number of phenolic OH excluding ortho intramolecular Hbond substituents is 2. The number of phenols is 2. The van der Waals surface area contributed by atoms with Crippen LogP contribution in [-0.4, -0.2) is 10.2 Å². The third-order valence-corrected chi connectivity index (χ3v) is 2.74. The van der Waals surface area contributed by atoms with E-state index < -0.39 is 0 Å². The van der Waals surface area contributed by atoms with Crippen molar-refractivity contribution >= 4 is 0 Å². The van der Waals surface area contributed by atoms with Crippen LogP contribution in [0.15, 0.2) is 72.8 Å². The zero-order valence-electron chi connectivity index (χ0n) is 10.5. The van der Waals surface area contributed by atoms with E-state index in [0.29, 0.717) is 0 Å². The van der Waals surface area contributed by atoms with Crippen LogP contribution in [0.4, 0.5) is 0 Å². The number of aromatic hydroxyl groups is 2. The van der Waals surface area contributed by atoms with Gasteiger partial charge in [0.1, 0.15) is 0 Å². The van der Waals surface area contributed by atoms with Gasteiger partial charge in [-0.2, -0.15) is 0 Å². The Kier molecular flexibility index (Phi) is 4.40. The largest absolute Gasteiger partial charge is 0.504 e. The highest BCUT2D eigenvalue weighted by molar-refractivity contribution is 5.66. The molecular formula is C17H16O2. The van der Waals surface area contributed by atoms with Crippen molar-refractivity contribution in [3.05, 3.63) is 72.8 Å². The standard InChI is InChI=1S/C12H10O2.C5H6/c13-11-7-6-10(8-12(11)14)9-4-2-1-3-5-9;1-2-4-5-3-1/h1-8,13-14H;1-4H,5H2. The van der Waals surface area contributed by atoms with E-state index in [1.165, 1.54) is 6.07 Å². The second kappa shape index (κ2) is 6.45. The summed E-state index contributed by atoms with van der Waals surface area (Å²) in [4.78, 5) is 0. The molecule has 1 aliphatic rings. The second-order valence-electron chi connectivity index (χ2n) is 4.16. The van der Waals surface area contributed by atoms with E-state index in [1.54, 1.807) is 12.1 Å². The summed E-state index contributed by atoms with van der Waals surface area (Å²) in [5.41, 5.74) is 1.91. The number of hydrogen-bond donors (Lipinski definition) is 2. The maximum absolute atomic E-state index is 9.31. The molecule has 2 N–H and O–H groups in total. The Balaban J connectivity index is 0.000000224. The molecule has 1 aliphatic carbocycles. The van der Waals surface area contributed by atoms with E-state index >= 15 is 0 Å². The lowest BCUT2D eigenvalue weighted by Gasteiger charge is -2.02. The van der Waals surface area contributed by atoms with Crippen molar-refractivity contribution in [2.24, 2.45) is 0 Å². The number of benzene rings is 2. The summed E-state index contributed by atoms with van der Waals surface area (Å²) in [5.74, 6) is -0.184. The lowest BCUT2D eigenvalue weighted by Crippen LogP contribution is -1.76. The van der Waals surface area contributed by atoms with Crippen LogP contribution in [0.3, 0.4) is 0 Å². The van der Waals surface area contributed by atoms with Crippen LogP contribution in [0.5, 0.6) is 11.5 Å². The molecule has 19 heavy (non-hydrogen) atoms. The van der Waals surface area contributed by atoms with E-state index in [2.05, 4.69) is 24.3 Å². The first-order chi connectivity index (χ1) is 9.27. The van der Waals surface area contributed by atoms with Crippen molar-refractivity contribution in [2.75, 3.05) is 0 Å². The Hall–Kier alpha value is -2.48. The molecule has 0 atom stereocenters. The average molecular weight is 252 g/mol. The van der Waals surface area contributed by atoms with Crippen molar-refractivity contribution in [3.8, 4) is 22.6 Å². The second-order valence-corrected chi connectivity index (χ2v) is 4.16. The maximum atomic E-state index is 9.31. The number of allylic oxidation sites excluding steroid dienone is 4. The van der Waals surface area contributed by atoms with Crippen molar-refractivity contribution < 1.29 is 10.2 Å². The van der Waals surface area contributed by atoms with E-state index in [0.717, 1.165) is 17.5 Å². The predicted molar refractivity (Wildman–Crippen MR) is 78.1 cm³/mol. The molecule has 96 valence electrons. The Morgan fingerprint density at radius 1 is 0.684 bits per heavy atom. The molecule has 3 rings (SSSR count). The Morgan fingerprint density at radius 2 is 1.37 bits per heavy atom. The summed E-state index contributed by atoms with van der Waals surface area (Å²) in [6.45, 7) is 0. The molecule has 0 aliphatic heterocycles. The quantitative estimate of drug-likeness (QED) is 0.744. The minimum absolute atomic E-state index is 0.0913. The SMILES string of the molecule is C1=CCC=C1.Oc1ccc(-c2ccccc2)cc1O. The monoisotopic (exact) mass is 252 g/mol. The zero-order valence-corrected chi connectivity index (χ0v) is 10.5. The van der Waals surface area contributed by atoms with Gasteiger partial charge in [-0.05, 0) is 29.7 Å². The van der Waals surface area contributed by atoms with Gasteiger partial charge >= 0.3 is 0 Å². The van der Waals surface area contributed by atoms with Crippen LogP contribution in [0, 0.1) is 0 Å². The van der Waals surface area contributed by atoms with Gasteiger partial charge in [0.15, 0.2) is 11.5 Å². The molecule has 2 aromatic carbocycles. The molecule has 2 aromatic rings. The Morgan fingerprint density at radius 3 is 1.89 bits per heavy atom. The topological polar surface area (TPSA) is 40.5 Å². The highest BCUT2D eigenvalue weighted by Gasteiger charge is 2.01. The molecule has 0 saturated heterocycles. The third-order valence-electron chi connectivity index (χ3n) is 2.74. The molecule has 0 spiro atoms. The third kappa shape index (κ3) is 3.75. The number of hydrogen-bond acceptors (Lipinski definition) is 2. The van der Waals surface area contributed by atoms with Crippen LogP contribution < -0.4 is 0 Å². The summed E-state index contributed by atoms with van der Waals surface area (Å²) >= 11 is 0. The van der Waals surface area contributed by atoms with Crippen LogP contribution in [0.25, 0.3) is 11.1 Å². The molecule has 0 radical (unpaired) electrons. The van der Waals surface area contributed by atoms with Gasteiger partial charge in [-0.1, -0.05) is 60.7 Å². The first kappa shape index (κ1) is 13.0. The molecule has 0 bridgehead atoms. The summed E-state index contributed by atoms with van der Waals surface area (Å²) in [5, 5.41) is 18.5. The summed E-state index contributed by atoms with van der Waals surface area (Å²) < 4.78 is 0. The van der Waals surface area contributed by atoms with Crippen molar-refractivity contribution in [1.29, 1.82) is 0 Å². The normalized spacial score (nSPS) is 12.0. The molecule has 2 heteroatoms. The smallest absolute Gasteiger partial charge is 0.158 e. The Bertz CT molecular complexity index is 573. The summed E-state index contributed by atoms with van der Waals surface area (Å²) in [6, 6.07) is 14.5. The fourth-order valence-electron chi connectivity index (χ4n) is 1.73. The van der Waals surface area contributed by atoms with Gasteiger partial charge < -0.3 is 10.2 Å². The van der Waals surface area contributed by atoms with Gasteiger partial charge in [-0.25, -0.2) is 0 Å². The van der Waals surface area contributed by atoms with E-state index in [9.17, 15) is 5.11 Å². The molecule has 0 amide bonds. The van der Waals surface area contributed by atoms with E-state index in [1.807, 2.05) is 30.3 Å². The highest BCUT2D eigenvalue weighted by Crippen LogP contribution is 2.30. The van der Waals surface area contributed by atoms with Crippen molar-refractivity contribution in [1.82, 2.24) is 0 Å². The number of rotatable bonds is 1. The van der Waals surface area contributed by atoms with Crippen LogP contribution >= 0.6 is 0 Å². The lowest BCUT2D eigenvalue weighted by molar-refractivity contribution is 0.404. The van der Waals surface area contributed by atoms with E-state index in [-0.39, 0.29) is 11.5 Å². The minimum Gasteiger partial charge on any atom is -0.504 e. The van der Waals surface area contributed by atoms with Crippen LogP contribution in [-0.2, 0) is 0 Å². The molecule has 0 aromatic heterocycles. The fraction of sp³-hybridized carbons (Fsp3) is 0.0588. The zero-order chi connectivity index (χ0) is 13.5. The fourth-order valence-corrected chi connectivity index (χ4v) is 1.73. The summed E-state index contributed by atoms with van der Waals surface area (Å²) in [6.07, 6.45) is 9.50. The maximum Gasteiger partial charge on any atom is 0.158 e. The first-order valence-electron chi connectivity index (χ1n) is 6.16. The average Bonchev–Trinajstić information content (AvgIpc) is 3.02. The van der Waals surface area contributed by atoms with Gasteiger partial charge in [0.2, 0.25) is 0 Å². The molecule has 0 fully saturated rings. The predicted octanol–water partition coefficient (Wildman–Crippen LogP) is 4.27. The summed E-state index contributed by atoms with van der Waals surface area (Å²) in [7, 11) is 0. The minimum atomic E-state index is -0.0929. The van der Waals surface area contributed by atoms with Crippen molar-refractivity contribution in [2.45, 2.75) is 6.42 Å². The molecule has 0 saturated carbocycles. The van der Waals surface area contributed by atoms with Crippen molar-refractivity contribution in [3.63, 3.8) is 0 Å². The van der Waals surface area contributed by atoms with Gasteiger partial charge in [0.25, 0.3) is 0 Å². The van der Waals surface area contributed by atoms with Gasteiger partial charge in [-0.15, -0.1) is 0 Å². The first-order valence-corrected chi connectivity index (χ1v) is 6.16. The molecule has 0 unspecified atom stereocenters. The molecular weight excluding hydrogens is 236 g/mol. The molecule has 2 nitrogen and oxygen atoms in total. The highest BCUT2D eigenvalue weighted by atomic mass is 16.3. The van der Waals surface area contributed by atoms with Gasteiger partial charge in [-0.3, -0.25) is 0 Å². The van der Waals surface area contributed by atoms with Crippen LogP contribution in [0.2, 0.25) is 0 Å². The van der Waals surface area contributed by atoms with Crippen LogP contribution in [0.1, 0.15) is 6.42 Å². The van der Waals surface area contributed by atoms with Gasteiger partial charge in [0.05, 0.1) is 0 Å². The Labute approximate surface area is 113 Å². The molecule has 0 heterocycles. The van der Waals surface area contributed by atoms with Gasteiger partial charge in [0, 0.05) is 0 Å².